The Morgan fingerprint density at radius 3 is 2.39 bits per heavy atom. The fourth-order valence-electron chi connectivity index (χ4n) is 2.19. The molecule has 0 unspecified atom stereocenters. The summed E-state index contributed by atoms with van der Waals surface area (Å²) in [5, 5.41) is 9.96. The molecule has 0 saturated carbocycles. The van der Waals surface area contributed by atoms with Gasteiger partial charge in [-0.15, -0.1) is 0 Å². The van der Waals surface area contributed by atoms with Crippen LogP contribution in [0.3, 0.4) is 0 Å². The molecule has 98 valence electrons. The van der Waals surface area contributed by atoms with Crippen LogP contribution in [0, 0.1) is 0 Å². The van der Waals surface area contributed by atoms with E-state index < -0.39 is 11.7 Å². The first kappa shape index (κ1) is 13.0. The van der Waals surface area contributed by atoms with Gasteiger partial charge in [0.2, 0.25) is 0 Å². The molecular weight excluding hydrogens is 243 g/mol. The molecule has 2 aromatic rings. The molecule has 2 nitrogen and oxygen atoms in total. The van der Waals surface area contributed by atoms with Crippen molar-refractivity contribution in [2.24, 2.45) is 0 Å². The third kappa shape index (κ3) is 2.10. The number of halogens is 3. The SMILES string of the molecule is CC(C)n1c(CO)cc2ccc(C(F)(F)F)cc21. The van der Waals surface area contributed by atoms with E-state index >= 15 is 0 Å². The lowest BCUT2D eigenvalue weighted by Crippen LogP contribution is -2.07. The first-order valence-electron chi connectivity index (χ1n) is 5.66. The van der Waals surface area contributed by atoms with Crippen LogP contribution >= 0.6 is 0 Å². The highest BCUT2D eigenvalue weighted by atomic mass is 19.4. The van der Waals surface area contributed by atoms with Crippen molar-refractivity contribution in [2.75, 3.05) is 0 Å². The largest absolute Gasteiger partial charge is 0.416 e. The quantitative estimate of drug-likeness (QED) is 0.871. The molecular formula is C13H14F3NO. The van der Waals surface area contributed by atoms with Gasteiger partial charge in [0.1, 0.15) is 0 Å². The van der Waals surface area contributed by atoms with Gasteiger partial charge in [0.15, 0.2) is 0 Å². The zero-order valence-corrected chi connectivity index (χ0v) is 10.1. The van der Waals surface area contributed by atoms with Gasteiger partial charge in [0, 0.05) is 17.3 Å². The van der Waals surface area contributed by atoms with E-state index in [2.05, 4.69) is 0 Å². The van der Waals surface area contributed by atoms with Crippen molar-refractivity contribution in [3.63, 3.8) is 0 Å². The zero-order valence-electron chi connectivity index (χ0n) is 10.1. The number of aliphatic hydroxyl groups is 1. The third-order valence-electron chi connectivity index (χ3n) is 2.93. The number of hydrogen-bond acceptors (Lipinski definition) is 1. The first-order valence-corrected chi connectivity index (χ1v) is 5.66. The van der Waals surface area contributed by atoms with Crippen molar-refractivity contribution < 1.29 is 18.3 Å². The van der Waals surface area contributed by atoms with Crippen LogP contribution in [0.1, 0.15) is 31.1 Å². The molecule has 1 N–H and O–H groups in total. The van der Waals surface area contributed by atoms with E-state index in [1.807, 2.05) is 13.8 Å². The van der Waals surface area contributed by atoms with Gasteiger partial charge in [-0.25, -0.2) is 0 Å². The molecule has 0 aliphatic heterocycles. The topological polar surface area (TPSA) is 25.2 Å². The second kappa shape index (κ2) is 4.31. The van der Waals surface area contributed by atoms with E-state index in [0.717, 1.165) is 12.1 Å². The van der Waals surface area contributed by atoms with E-state index in [0.29, 0.717) is 16.6 Å². The summed E-state index contributed by atoms with van der Waals surface area (Å²) in [4.78, 5) is 0. The summed E-state index contributed by atoms with van der Waals surface area (Å²) in [6, 6.07) is 5.35. The first-order chi connectivity index (χ1) is 8.34. The van der Waals surface area contributed by atoms with Crippen molar-refractivity contribution in [2.45, 2.75) is 32.7 Å². The number of hydrogen-bond donors (Lipinski definition) is 1. The van der Waals surface area contributed by atoms with Crippen LogP contribution in [0.2, 0.25) is 0 Å². The average Bonchev–Trinajstić information content (AvgIpc) is 2.64. The Labute approximate surface area is 103 Å². The summed E-state index contributed by atoms with van der Waals surface area (Å²) in [5.74, 6) is 0. The highest BCUT2D eigenvalue weighted by Crippen LogP contribution is 2.33. The summed E-state index contributed by atoms with van der Waals surface area (Å²) in [7, 11) is 0. The molecule has 0 saturated heterocycles. The monoisotopic (exact) mass is 257 g/mol. The van der Waals surface area contributed by atoms with Crippen molar-refractivity contribution in [3.8, 4) is 0 Å². The maximum absolute atomic E-state index is 12.7. The Balaban J connectivity index is 2.71. The van der Waals surface area contributed by atoms with E-state index in [1.165, 1.54) is 6.07 Å². The van der Waals surface area contributed by atoms with Crippen molar-refractivity contribution >= 4 is 10.9 Å². The van der Waals surface area contributed by atoms with Gasteiger partial charge in [-0.05, 0) is 37.4 Å². The Hall–Kier alpha value is -1.49. The van der Waals surface area contributed by atoms with Crippen LogP contribution in [0.15, 0.2) is 24.3 Å². The summed E-state index contributed by atoms with van der Waals surface area (Å²) in [5.41, 5.74) is 0.461. The van der Waals surface area contributed by atoms with Crippen LogP contribution in [0.5, 0.6) is 0 Å². The molecule has 1 aromatic heterocycles. The number of aromatic nitrogens is 1. The van der Waals surface area contributed by atoms with Crippen LogP contribution < -0.4 is 0 Å². The van der Waals surface area contributed by atoms with E-state index in [9.17, 15) is 18.3 Å². The predicted molar refractivity (Wildman–Crippen MR) is 63.2 cm³/mol. The number of aliphatic hydroxyl groups excluding tert-OH is 1. The smallest absolute Gasteiger partial charge is 0.390 e. The van der Waals surface area contributed by atoms with Gasteiger partial charge in [-0.2, -0.15) is 13.2 Å². The molecule has 2 rings (SSSR count). The standard InChI is InChI=1S/C13H14F3NO/c1-8(2)17-11(7-18)5-9-3-4-10(6-12(9)17)13(14,15)16/h3-6,8,18H,7H2,1-2H3. The lowest BCUT2D eigenvalue weighted by atomic mass is 10.1. The van der Waals surface area contributed by atoms with Crippen LogP contribution in [-0.4, -0.2) is 9.67 Å². The minimum Gasteiger partial charge on any atom is -0.390 e. The van der Waals surface area contributed by atoms with E-state index in [4.69, 9.17) is 0 Å². The highest BCUT2D eigenvalue weighted by molar-refractivity contribution is 5.82. The number of alkyl halides is 3. The molecule has 0 amide bonds. The Bertz CT molecular complexity index is 569. The van der Waals surface area contributed by atoms with E-state index in [1.54, 1.807) is 10.6 Å². The molecule has 1 heterocycles. The number of fused-ring (bicyclic) bond motifs is 1. The maximum atomic E-state index is 12.7. The van der Waals surface area contributed by atoms with Gasteiger partial charge in [-0.1, -0.05) is 6.07 Å². The van der Waals surface area contributed by atoms with Gasteiger partial charge in [0.05, 0.1) is 12.2 Å². The average molecular weight is 257 g/mol. The van der Waals surface area contributed by atoms with Crippen molar-refractivity contribution in [3.05, 3.63) is 35.5 Å². The Kier molecular flexibility index (Phi) is 3.11. The molecule has 0 aliphatic carbocycles. The predicted octanol–water partition coefficient (Wildman–Crippen LogP) is 3.73. The Morgan fingerprint density at radius 2 is 1.89 bits per heavy atom. The summed E-state index contributed by atoms with van der Waals surface area (Å²) < 4.78 is 39.8. The molecule has 18 heavy (non-hydrogen) atoms. The lowest BCUT2D eigenvalue weighted by Gasteiger charge is -2.14. The van der Waals surface area contributed by atoms with Gasteiger partial charge in [0.25, 0.3) is 0 Å². The molecule has 0 fully saturated rings. The minimum atomic E-state index is -4.35. The minimum absolute atomic E-state index is 0.00636. The van der Waals surface area contributed by atoms with Crippen molar-refractivity contribution in [1.82, 2.24) is 4.57 Å². The zero-order chi connectivity index (χ0) is 13.5. The normalized spacial score (nSPS) is 12.6. The third-order valence-corrected chi connectivity index (χ3v) is 2.93. The van der Waals surface area contributed by atoms with Crippen LogP contribution in [0.25, 0.3) is 10.9 Å². The summed E-state index contributed by atoms with van der Waals surface area (Å²) in [6.07, 6.45) is -4.35. The fourth-order valence-corrected chi connectivity index (χ4v) is 2.19. The molecule has 5 heteroatoms. The molecule has 0 atom stereocenters. The lowest BCUT2D eigenvalue weighted by molar-refractivity contribution is -0.137. The summed E-state index contributed by atoms with van der Waals surface area (Å²) in [6.45, 7) is 3.56. The van der Waals surface area contributed by atoms with Gasteiger partial charge >= 0.3 is 6.18 Å². The Morgan fingerprint density at radius 1 is 1.22 bits per heavy atom. The van der Waals surface area contributed by atoms with Crippen molar-refractivity contribution in [1.29, 1.82) is 0 Å². The van der Waals surface area contributed by atoms with Gasteiger partial charge in [-0.3, -0.25) is 0 Å². The molecule has 1 aromatic carbocycles. The second-order valence-corrected chi connectivity index (χ2v) is 4.53. The number of benzene rings is 1. The van der Waals surface area contributed by atoms with Crippen LogP contribution in [0.4, 0.5) is 13.2 Å². The maximum Gasteiger partial charge on any atom is 0.416 e. The molecule has 0 aliphatic rings. The van der Waals surface area contributed by atoms with Crippen LogP contribution in [-0.2, 0) is 12.8 Å². The highest BCUT2D eigenvalue weighted by Gasteiger charge is 2.31. The fraction of sp³-hybridized carbons (Fsp3) is 0.385. The molecule has 0 spiro atoms. The van der Waals surface area contributed by atoms with Gasteiger partial charge < -0.3 is 9.67 Å². The second-order valence-electron chi connectivity index (χ2n) is 4.53. The number of nitrogens with zero attached hydrogens (tertiary/aromatic N) is 1. The van der Waals surface area contributed by atoms with E-state index in [-0.39, 0.29) is 12.6 Å². The number of rotatable bonds is 2. The molecule has 0 radical (unpaired) electrons. The molecule has 0 bridgehead atoms. The summed E-state index contributed by atoms with van der Waals surface area (Å²) >= 11 is 0.